The van der Waals surface area contributed by atoms with Crippen molar-refractivity contribution in [3.05, 3.63) is 23.4 Å². The van der Waals surface area contributed by atoms with E-state index in [4.69, 9.17) is 5.26 Å². The van der Waals surface area contributed by atoms with E-state index in [0.717, 1.165) is 24.5 Å². The second-order valence-electron chi connectivity index (χ2n) is 3.14. The number of hydrogen-bond acceptors (Lipinski definition) is 3. The zero-order valence-electron chi connectivity index (χ0n) is 8.91. The van der Waals surface area contributed by atoms with Crippen LogP contribution >= 0.6 is 0 Å². The molecule has 0 bridgehead atoms. The van der Waals surface area contributed by atoms with Crippen LogP contribution in [0.5, 0.6) is 0 Å². The summed E-state index contributed by atoms with van der Waals surface area (Å²) in [5.74, 6) is 0.950. The molecule has 74 valence electrons. The Hall–Kier alpha value is -1.56. The summed E-state index contributed by atoms with van der Waals surface area (Å²) in [6.07, 6.45) is 1.64. The molecule has 0 aromatic carbocycles. The van der Waals surface area contributed by atoms with Crippen LogP contribution in [0.1, 0.15) is 25.0 Å². The molecule has 0 aliphatic rings. The molecule has 0 unspecified atom stereocenters. The van der Waals surface area contributed by atoms with Crippen molar-refractivity contribution in [3.8, 4) is 6.07 Å². The van der Waals surface area contributed by atoms with Crippen LogP contribution in [0.2, 0.25) is 0 Å². The lowest BCUT2D eigenvalue weighted by molar-refractivity contribution is 0.844. The van der Waals surface area contributed by atoms with Crippen LogP contribution in [-0.2, 0) is 0 Å². The van der Waals surface area contributed by atoms with E-state index < -0.39 is 0 Å². The molecule has 0 fully saturated rings. The predicted octanol–water partition coefficient (Wildman–Crippen LogP) is 2.11. The smallest absolute Gasteiger partial charge is 0.128 e. The third kappa shape index (κ3) is 2.02. The van der Waals surface area contributed by atoms with E-state index in [-0.39, 0.29) is 0 Å². The van der Waals surface area contributed by atoms with Crippen LogP contribution in [0.4, 0.5) is 5.82 Å². The fourth-order valence-corrected chi connectivity index (χ4v) is 1.38. The molecular formula is C11H15N3. The second kappa shape index (κ2) is 4.61. The van der Waals surface area contributed by atoms with Gasteiger partial charge in [-0.15, -0.1) is 0 Å². The van der Waals surface area contributed by atoms with Crippen LogP contribution in [0.15, 0.2) is 12.3 Å². The van der Waals surface area contributed by atoms with Gasteiger partial charge in [0.15, 0.2) is 0 Å². The van der Waals surface area contributed by atoms with Crippen molar-refractivity contribution in [2.45, 2.75) is 20.8 Å². The van der Waals surface area contributed by atoms with Gasteiger partial charge in [-0.25, -0.2) is 4.98 Å². The summed E-state index contributed by atoms with van der Waals surface area (Å²) in [6.45, 7) is 8.01. The van der Waals surface area contributed by atoms with Crippen molar-refractivity contribution in [1.82, 2.24) is 4.98 Å². The Labute approximate surface area is 85.0 Å². The minimum absolute atomic E-state index is 0.654. The highest BCUT2D eigenvalue weighted by molar-refractivity contribution is 5.46. The van der Waals surface area contributed by atoms with Gasteiger partial charge in [-0.3, -0.25) is 0 Å². The first-order valence-electron chi connectivity index (χ1n) is 4.84. The molecule has 0 atom stereocenters. The Kier molecular flexibility index (Phi) is 3.47. The number of nitriles is 1. The van der Waals surface area contributed by atoms with Crippen molar-refractivity contribution in [2.75, 3.05) is 18.0 Å². The SMILES string of the molecule is CCN(CC)c1cc(C)c(C#N)cn1. The predicted molar refractivity (Wildman–Crippen MR) is 57.3 cm³/mol. The van der Waals surface area contributed by atoms with Crippen molar-refractivity contribution in [3.63, 3.8) is 0 Å². The molecule has 0 aliphatic heterocycles. The van der Waals surface area contributed by atoms with Crippen molar-refractivity contribution < 1.29 is 0 Å². The van der Waals surface area contributed by atoms with Gasteiger partial charge in [-0.05, 0) is 32.4 Å². The number of aromatic nitrogens is 1. The molecule has 0 amide bonds. The van der Waals surface area contributed by atoms with Gasteiger partial charge in [0.1, 0.15) is 11.9 Å². The third-order valence-electron chi connectivity index (χ3n) is 2.30. The Morgan fingerprint density at radius 3 is 2.50 bits per heavy atom. The lowest BCUT2D eigenvalue weighted by atomic mass is 10.2. The van der Waals surface area contributed by atoms with Crippen molar-refractivity contribution >= 4 is 5.82 Å². The molecule has 0 N–H and O–H groups in total. The van der Waals surface area contributed by atoms with Crippen molar-refractivity contribution in [1.29, 1.82) is 5.26 Å². The van der Waals surface area contributed by atoms with Gasteiger partial charge < -0.3 is 4.90 Å². The van der Waals surface area contributed by atoms with Crippen LogP contribution in [0.3, 0.4) is 0 Å². The summed E-state index contributed by atoms with van der Waals surface area (Å²) in [6, 6.07) is 4.08. The van der Waals surface area contributed by atoms with Gasteiger partial charge in [0.05, 0.1) is 5.56 Å². The van der Waals surface area contributed by atoms with Crippen LogP contribution in [0, 0.1) is 18.3 Å². The van der Waals surface area contributed by atoms with E-state index in [9.17, 15) is 0 Å². The Bertz CT molecular complexity index is 348. The van der Waals surface area contributed by atoms with E-state index in [1.165, 1.54) is 0 Å². The number of rotatable bonds is 3. The molecule has 0 saturated carbocycles. The lowest BCUT2D eigenvalue weighted by Gasteiger charge is -2.19. The Balaban J connectivity index is 3.02. The molecule has 0 radical (unpaired) electrons. The third-order valence-corrected chi connectivity index (χ3v) is 2.30. The van der Waals surface area contributed by atoms with Crippen molar-refractivity contribution in [2.24, 2.45) is 0 Å². The fourth-order valence-electron chi connectivity index (χ4n) is 1.38. The van der Waals surface area contributed by atoms with E-state index >= 15 is 0 Å². The number of hydrogen-bond donors (Lipinski definition) is 0. The number of anilines is 1. The minimum atomic E-state index is 0.654. The maximum atomic E-state index is 8.76. The first kappa shape index (κ1) is 10.5. The maximum absolute atomic E-state index is 8.76. The monoisotopic (exact) mass is 189 g/mol. The number of pyridine rings is 1. The summed E-state index contributed by atoms with van der Waals surface area (Å²) < 4.78 is 0. The summed E-state index contributed by atoms with van der Waals surface area (Å²) in [5.41, 5.74) is 1.64. The molecule has 0 spiro atoms. The summed E-state index contributed by atoms with van der Waals surface area (Å²) in [4.78, 5) is 6.42. The highest BCUT2D eigenvalue weighted by Crippen LogP contribution is 2.14. The first-order valence-corrected chi connectivity index (χ1v) is 4.84. The van der Waals surface area contributed by atoms with E-state index in [0.29, 0.717) is 5.56 Å². The molecule has 0 aliphatic carbocycles. The molecule has 0 saturated heterocycles. The summed E-state index contributed by atoms with van der Waals surface area (Å²) in [5, 5.41) is 8.76. The minimum Gasteiger partial charge on any atom is -0.357 e. The normalized spacial score (nSPS) is 9.57. The Morgan fingerprint density at radius 1 is 1.43 bits per heavy atom. The highest BCUT2D eigenvalue weighted by atomic mass is 15.2. The number of nitrogens with zero attached hydrogens (tertiary/aromatic N) is 3. The van der Waals surface area contributed by atoms with Gasteiger partial charge in [0.2, 0.25) is 0 Å². The molecule has 1 aromatic heterocycles. The molecule has 3 nitrogen and oxygen atoms in total. The summed E-state index contributed by atoms with van der Waals surface area (Å²) in [7, 11) is 0. The van der Waals surface area contributed by atoms with Crippen LogP contribution in [-0.4, -0.2) is 18.1 Å². The number of aryl methyl sites for hydroxylation is 1. The lowest BCUT2D eigenvalue weighted by Crippen LogP contribution is -2.23. The zero-order valence-corrected chi connectivity index (χ0v) is 8.91. The molecule has 14 heavy (non-hydrogen) atoms. The molecule has 1 rings (SSSR count). The second-order valence-corrected chi connectivity index (χ2v) is 3.14. The van der Waals surface area contributed by atoms with Crippen LogP contribution in [0.25, 0.3) is 0 Å². The van der Waals surface area contributed by atoms with Crippen LogP contribution < -0.4 is 4.90 Å². The molecule has 3 heteroatoms. The maximum Gasteiger partial charge on any atom is 0.128 e. The fraction of sp³-hybridized carbons (Fsp3) is 0.455. The van der Waals surface area contributed by atoms with Gasteiger partial charge in [0.25, 0.3) is 0 Å². The molecule has 1 heterocycles. The molecular weight excluding hydrogens is 174 g/mol. The topological polar surface area (TPSA) is 39.9 Å². The average Bonchev–Trinajstić information content (AvgIpc) is 2.20. The van der Waals surface area contributed by atoms with E-state index in [1.54, 1.807) is 6.20 Å². The summed E-state index contributed by atoms with van der Waals surface area (Å²) >= 11 is 0. The highest BCUT2D eigenvalue weighted by Gasteiger charge is 2.05. The van der Waals surface area contributed by atoms with E-state index in [1.807, 2.05) is 13.0 Å². The Morgan fingerprint density at radius 2 is 2.07 bits per heavy atom. The standard InChI is InChI=1S/C11H15N3/c1-4-14(5-2)11-6-9(3)10(7-12)8-13-11/h6,8H,4-5H2,1-3H3. The van der Waals surface area contributed by atoms with Gasteiger partial charge in [-0.1, -0.05) is 0 Å². The average molecular weight is 189 g/mol. The zero-order chi connectivity index (χ0) is 10.6. The molecule has 1 aromatic rings. The first-order chi connectivity index (χ1) is 6.72. The van der Waals surface area contributed by atoms with Gasteiger partial charge in [-0.2, -0.15) is 5.26 Å². The van der Waals surface area contributed by atoms with E-state index in [2.05, 4.69) is 29.8 Å². The van der Waals surface area contributed by atoms with Gasteiger partial charge >= 0.3 is 0 Å². The van der Waals surface area contributed by atoms with Gasteiger partial charge in [0, 0.05) is 19.3 Å². The quantitative estimate of drug-likeness (QED) is 0.731. The largest absolute Gasteiger partial charge is 0.357 e.